The van der Waals surface area contributed by atoms with Crippen LogP contribution in [0.4, 0.5) is 4.79 Å². The number of hydrogen-bond acceptors (Lipinski definition) is 2. The topological polar surface area (TPSA) is 50.2 Å². The van der Waals surface area contributed by atoms with Crippen molar-refractivity contribution >= 4 is 6.03 Å². The van der Waals surface area contributed by atoms with Crippen LogP contribution in [0.2, 0.25) is 0 Å². The Morgan fingerprint density at radius 3 is 3.06 bits per heavy atom. The van der Waals surface area contributed by atoms with Crippen LogP contribution >= 0.6 is 0 Å². The standard InChI is InChI=1S/C12H18N4O/c17-12(16-6-2-7-16)14-9-10-3-1-5-15-8-4-13-11(10)15/h4,8,10H,1-3,5-7,9H2,(H,14,17). The van der Waals surface area contributed by atoms with E-state index in [1.54, 1.807) is 0 Å². The number of imidazole rings is 1. The zero-order valence-corrected chi connectivity index (χ0v) is 9.93. The van der Waals surface area contributed by atoms with Gasteiger partial charge in [-0.25, -0.2) is 9.78 Å². The second-order valence-electron chi connectivity index (χ2n) is 4.84. The van der Waals surface area contributed by atoms with E-state index in [0.717, 1.165) is 38.3 Å². The van der Waals surface area contributed by atoms with Crippen molar-refractivity contribution in [3.8, 4) is 0 Å². The maximum absolute atomic E-state index is 11.7. The van der Waals surface area contributed by atoms with Crippen molar-refractivity contribution in [3.63, 3.8) is 0 Å². The van der Waals surface area contributed by atoms with Gasteiger partial charge in [0, 0.05) is 44.5 Å². The van der Waals surface area contributed by atoms with Crippen LogP contribution in [0.1, 0.15) is 31.0 Å². The lowest BCUT2D eigenvalue weighted by Crippen LogP contribution is -2.48. The predicted octanol–water partition coefficient (Wildman–Crippen LogP) is 1.18. The van der Waals surface area contributed by atoms with Crippen LogP contribution in [0, 0.1) is 0 Å². The van der Waals surface area contributed by atoms with Gasteiger partial charge < -0.3 is 14.8 Å². The summed E-state index contributed by atoms with van der Waals surface area (Å²) in [6.07, 6.45) is 7.32. The molecule has 1 fully saturated rings. The number of aryl methyl sites for hydroxylation is 1. The van der Waals surface area contributed by atoms with Gasteiger partial charge in [-0.05, 0) is 19.3 Å². The summed E-state index contributed by atoms with van der Waals surface area (Å²) >= 11 is 0. The van der Waals surface area contributed by atoms with E-state index in [4.69, 9.17) is 0 Å². The maximum atomic E-state index is 11.7. The van der Waals surface area contributed by atoms with Gasteiger partial charge in [0.25, 0.3) is 0 Å². The lowest BCUT2D eigenvalue weighted by molar-refractivity contribution is 0.166. The third kappa shape index (κ3) is 2.01. The molecule has 1 saturated heterocycles. The molecular weight excluding hydrogens is 216 g/mol. The molecule has 2 aliphatic rings. The maximum Gasteiger partial charge on any atom is 0.317 e. The Balaban J connectivity index is 1.57. The molecule has 3 rings (SSSR count). The van der Waals surface area contributed by atoms with E-state index < -0.39 is 0 Å². The molecule has 0 bridgehead atoms. The summed E-state index contributed by atoms with van der Waals surface area (Å²) in [6, 6.07) is 0.0833. The molecule has 1 unspecified atom stereocenters. The highest BCUT2D eigenvalue weighted by Crippen LogP contribution is 2.24. The first-order valence-electron chi connectivity index (χ1n) is 6.38. The summed E-state index contributed by atoms with van der Waals surface area (Å²) in [5, 5.41) is 3.02. The molecule has 0 aromatic carbocycles. The lowest BCUT2D eigenvalue weighted by Gasteiger charge is -2.32. The number of rotatable bonds is 2. The molecule has 0 aliphatic carbocycles. The van der Waals surface area contributed by atoms with Crippen molar-refractivity contribution in [2.45, 2.75) is 31.7 Å². The Morgan fingerprint density at radius 1 is 1.41 bits per heavy atom. The minimum atomic E-state index is 0.0833. The summed E-state index contributed by atoms with van der Waals surface area (Å²) in [6.45, 7) is 3.59. The second kappa shape index (κ2) is 4.39. The van der Waals surface area contributed by atoms with Gasteiger partial charge in [-0.15, -0.1) is 0 Å². The third-order valence-electron chi connectivity index (χ3n) is 3.71. The number of aromatic nitrogens is 2. The van der Waals surface area contributed by atoms with Gasteiger partial charge in [-0.2, -0.15) is 0 Å². The zero-order valence-electron chi connectivity index (χ0n) is 9.93. The van der Waals surface area contributed by atoms with Gasteiger partial charge in [0.1, 0.15) is 5.82 Å². The molecule has 0 radical (unpaired) electrons. The molecule has 0 spiro atoms. The van der Waals surface area contributed by atoms with Gasteiger partial charge in [0.2, 0.25) is 0 Å². The fraction of sp³-hybridized carbons (Fsp3) is 0.667. The van der Waals surface area contributed by atoms with Crippen LogP contribution < -0.4 is 5.32 Å². The first-order valence-corrected chi connectivity index (χ1v) is 6.38. The van der Waals surface area contributed by atoms with Crippen LogP contribution in [0.3, 0.4) is 0 Å². The van der Waals surface area contributed by atoms with Gasteiger partial charge in [0.05, 0.1) is 0 Å². The smallest absolute Gasteiger partial charge is 0.317 e. The normalized spacial score (nSPS) is 22.8. The van der Waals surface area contributed by atoms with Crippen LogP contribution in [0.25, 0.3) is 0 Å². The number of carbonyl (C=O) groups excluding carboxylic acids is 1. The number of hydrogen-bond donors (Lipinski definition) is 1. The molecule has 1 N–H and O–H groups in total. The number of nitrogens with zero attached hydrogens (tertiary/aromatic N) is 3. The fourth-order valence-corrected chi connectivity index (χ4v) is 2.54. The van der Waals surface area contributed by atoms with E-state index in [1.165, 1.54) is 6.42 Å². The van der Waals surface area contributed by atoms with Gasteiger partial charge >= 0.3 is 6.03 Å². The number of amides is 2. The molecule has 17 heavy (non-hydrogen) atoms. The summed E-state index contributed by atoms with van der Waals surface area (Å²) in [7, 11) is 0. The molecule has 92 valence electrons. The highest BCUT2D eigenvalue weighted by Gasteiger charge is 2.24. The first kappa shape index (κ1) is 10.6. The largest absolute Gasteiger partial charge is 0.337 e. The minimum Gasteiger partial charge on any atom is -0.337 e. The molecule has 1 aromatic rings. The Hall–Kier alpha value is -1.52. The number of urea groups is 1. The van der Waals surface area contributed by atoms with E-state index >= 15 is 0 Å². The summed E-state index contributed by atoms with van der Waals surface area (Å²) < 4.78 is 2.20. The van der Waals surface area contributed by atoms with E-state index in [2.05, 4.69) is 14.9 Å². The molecule has 5 heteroatoms. The average Bonchev–Trinajstić information content (AvgIpc) is 2.72. The molecule has 1 atom stereocenters. The van der Waals surface area contributed by atoms with Crippen molar-refractivity contribution in [2.75, 3.05) is 19.6 Å². The average molecular weight is 234 g/mol. The number of fused-ring (bicyclic) bond motifs is 1. The zero-order chi connectivity index (χ0) is 11.7. The summed E-state index contributed by atoms with van der Waals surface area (Å²) in [5.41, 5.74) is 0. The van der Waals surface area contributed by atoms with Crippen molar-refractivity contribution in [2.24, 2.45) is 0 Å². The highest BCUT2D eigenvalue weighted by atomic mass is 16.2. The molecule has 5 nitrogen and oxygen atoms in total. The number of likely N-dealkylation sites (tertiary alicyclic amines) is 1. The molecule has 2 amide bonds. The highest BCUT2D eigenvalue weighted by molar-refractivity contribution is 5.74. The van der Waals surface area contributed by atoms with Crippen LogP contribution in [0.5, 0.6) is 0 Å². The summed E-state index contributed by atoms with van der Waals surface area (Å²) in [4.78, 5) is 18.0. The minimum absolute atomic E-state index is 0.0833. The van der Waals surface area contributed by atoms with E-state index in [9.17, 15) is 4.79 Å². The van der Waals surface area contributed by atoms with Gasteiger partial charge in [-0.3, -0.25) is 0 Å². The van der Waals surface area contributed by atoms with Crippen LogP contribution in [-0.4, -0.2) is 40.1 Å². The van der Waals surface area contributed by atoms with E-state index in [0.29, 0.717) is 12.5 Å². The Bertz CT molecular complexity index is 410. The van der Waals surface area contributed by atoms with Gasteiger partial charge in [-0.1, -0.05) is 0 Å². The van der Waals surface area contributed by atoms with Gasteiger partial charge in [0.15, 0.2) is 0 Å². The van der Waals surface area contributed by atoms with E-state index in [1.807, 2.05) is 17.3 Å². The molecule has 3 heterocycles. The third-order valence-corrected chi connectivity index (χ3v) is 3.71. The Morgan fingerprint density at radius 2 is 2.29 bits per heavy atom. The SMILES string of the molecule is O=C(NCC1CCCn2ccnc21)N1CCC1. The molecule has 1 aromatic heterocycles. The first-order chi connectivity index (χ1) is 8.34. The fourth-order valence-electron chi connectivity index (χ4n) is 2.54. The quantitative estimate of drug-likeness (QED) is 0.835. The Kier molecular flexibility index (Phi) is 2.74. The summed E-state index contributed by atoms with van der Waals surface area (Å²) in [5.74, 6) is 1.50. The monoisotopic (exact) mass is 234 g/mol. The van der Waals surface area contributed by atoms with Crippen LogP contribution in [0.15, 0.2) is 12.4 Å². The predicted molar refractivity (Wildman–Crippen MR) is 63.8 cm³/mol. The lowest BCUT2D eigenvalue weighted by atomic mass is 9.99. The molecule has 0 saturated carbocycles. The van der Waals surface area contributed by atoms with Crippen molar-refractivity contribution in [1.82, 2.24) is 19.8 Å². The Labute approximate surface area is 101 Å². The van der Waals surface area contributed by atoms with Crippen LogP contribution in [-0.2, 0) is 6.54 Å². The van der Waals surface area contributed by atoms with E-state index in [-0.39, 0.29) is 6.03 Å². The molecule has 2 aliphatic heterocycles. The van der Waals surface area contributed by atoms with Crippen molar-refractivity contribution in [1.29, 1.82) is 0 Å². The molecular formula is C12H18N4O. The van der Waals surface area contributed by atoms with Crippen molar-refractivity contribution in [3.05, 3.63) is 18.2 Å². The number of nitrogens with one attached hydrogen (secondary N) is 1. The second-order valence-corrected chi connectivity index (χ2v) is 4.84. The van der Waals surface area contributed by atoms with Crippen molar-refractivity contribution < 1.29 is 4.79 Å². The number of carbonyl (C=O) groups is 1.